The van der Waals surface area contributed by atoms with Crippen LogP contribution in [0.3, 0.4) is 0 Å². The van der Waals surface area contributed by atoms with E-state index in [-0.39, 0.29) is 25.7 Å². The lowest BCUT2D eigenvalue weighted by Gasteiger charge is -2.23. The number of halogens is 3. The molecule has 1 heterocycles. The Labute approximate surface area is 196 Å². The van der Waals surface area contributed by atoms with Crippen molar-refractivity contribution in [1.82, 2.24) is 9.47 Å². The number of carbonyl (C=O) groups is 1. The number of methoxy groups -OCH3 is 2. The molecule has 2 aromatic carbocycles. The Morgan fingerprint density at radius 2 is 1.79 bits per heavy atom. The lowest BCUT2D eigenvalue weighted by Crippen LogP contribution is -2.35. The number of hydrogen-bond donors (Lipinski definition) is 1. The van der Waals surface area contributed by atoms with E-state index >= 15 is 0 Å². The van der Waals surface area contributed by atoms with Crippen molar-refractivity contribution in [2.24, 2.45) is 0 Å². The number of aromatic nitrogens is 1. The first-order valence-corrected chi connectivity index (χ1v) is 10.4. The summed E-state index contributed by atoms with van der Waals surface area (Å²) < 4.78 is 51.5. The number of anilines is 1. The highest BCUT2D eigenvalue weighted by molar-refractivity contribution is 5.90. The van der Waals surface area contributed by atoms with Crippen LogP contribution >= 0.6 is 0 Å². The first-order chi connectivity index (χ1) is 16.2. The van der Waals surface area contributed by atoms with Crippen molar-refractivity contribution in [1.29, 1.82) is 0 Å². The van der Waals surface area contributed by atoms with Gasteiger partial charge in [0.2, 0.25) is 0 Å². The van der Waals surface area contributed by atoms with Crippen molar-refractivity contribution in [3.8, 4) is 11.5 Å². The second-order valence-corrected chi connectivity index (χ2v) is 7.53. The van der Waals surface area contributed by atoms with Crippen LogP contribution in [0.1, 0.15) is 16.8 Å². The highest BCUT2D eigenvalue weighted by atomic mass is 19.4. The molecule has 0 saturated carbocycles. The summed E-state index contributed by atoms with van der Waals surface area (Å²) in [5.74, 6) is 1.06. The van der Waals surface area contributed by atoms with Gasteiger partial charge in [-0.2, -0.15) is 13.2 Å². The van der Waals surface area contributed by atoms with Crippen molar-refractivity contribution in [3.63, 3.8) is 0 Å². The summed E-state index contributed by atoms with van der Waals surface area (Å²) in [6.45, 7) is 4.45. The minimum absolute atomic E-state index is 0.227. The van der Waals surface area contributed by atoms with Crippen molar-refractivity contribution in [2.75, 3.05) is 26.1 Å². The number of nitrogens with zero attached hydrogens (tertiary/aromatic N) is 2. The van der Waals surface area contributed by atoms with Crippen LogP contribution in [0.2, 0.25) is 0 Å². The summed E-state index contributed by atoms with van der Waals surface area (Å²) in [7, 11) is 3.03. The van der Waals surface area contributed by atoms with Gasteiger partial charge >= 0.3 is 12.2 Å². The molecule has 0 fully saturated rings. The molecule has 3 aromatic rings. The average Bonchev–Trinajstić information content (AvgIpc) is 3.24. The average molecular weight is 473 g/mol. The van der Waals surface area contributed by atoms with Gasteiger partial charge in [-0.25, -0.2) is 4.79 Å². The third kappa shape index (κ3) is 6.34. The zero-order valence-electron chi connectivity index (χ0n) is 18.9. The number of ether oxygens (including phenoxy) is 2. The highest BCUT2D eigenvalue weighted by Crippen LogP contribution is 2.30. The van der Waals surface area contributed by atoms with Crippen molar-refractivity contribution in [2.45, 2.75) is 19.3 Å². The first kappa shape index (κ1) is 24.8. The maximum absolute atomic E-state index is 13.1. The minimum Gasteiger partial charge on any atom is -0.497 e. The number of hydrogen-bond acceptors (Lipinski definition) is 3. The molecule has 180 valence electrons. The second kappa shape index (κ2) is 10.8. The number of rotatable bonds is 9. The fourth-order valence-electron chi connectivity index (χ4n) is 3.44. The SMILES string of the molecule is C=CCN(Cc1cccn1Cc1cccc(C(F)(F)F)c1)C(=O)Nc1cc(OC)cc(OC)c1. The van der Waals surface area contributed by atoms with E-state index in [4.69, 9.17) is 9.47 Å². The van der Waals surface area contributed by atoms with Gasteiger partial charge in [-0.3, -0.25) is 0 Å². The van der Waals surface area contributed by atoms with Crippen molar-refractivity contribution < 1.29 is 27.4 Å². The number of urea groups is 1. The lowest BCUT2D eigenvalue weighted by molar-refractivity contribution is -0.137. The Hall–Kier alpha value is -3.88. The number of carbonyl (C=O) groups excluding carboxylic acids is 1. The van der Waals surface area contributed by atoms with E-state index in [1.165, 1.54) is 25.2 Å². The molecule has 0 spiro atoms. The lowest BCUT2D eigenvalue weighted by atomic mass is 10.1. The Morgan fingerprint density at radius 1 is 1.09 bits per heavy atom. The smallest absolute Gasteiger partial charge is 0.416 e. The topological polar surface area (TPSA) is 55.7 Å². The summed E-state index contributed by atoms with van der Waals surface area (Å²) in [4.78, 5) is 14.5. The molecule has 0 aliphatic rings. The molecule has 0 saturated heterocycles. The van der Waals surface area contributed by atoms with E-state index < -0.39 is 11.7 Å². The van der Waals surface area contributed by atoms with Crippen LogP contribution in [-0.2, 0) is 19.3 Å². The zero-order valence-corrected chi connectivity index (χ0v) is 18.9. The maximum Gasteiger partial charge on any atom is 0.416 e. The maximum atomic E-state index is 13.1. The van der Waals surface area contributed by atoms with Gasteiger partial charge in [-0.15, -0.1) is 6.58 Å². The first-order valence-electron chi connectivity index (χ1n) is 10.4. The molecular formula is C25H26F3N3O3. The molecule has 34 heavy (non-hydrogen) atoms. The van der Waals surface area contributed by atoms with Crippen LogP contribution in [0.25, 0.3) is 0 Å². The van der Waals surface area contributed by atoms with Gasteiger partial charge in [-0.1, -0.05) is 18.2 Å². The van der Waals surface area contributed by atoms with E-state index in [0.29, 0.717) is 22.7 Å². The third-order valence-corrected chi connectivity index (χ3v) is 5.12. The molecule has 1 aromatic heterocycles. The van der Waals surface area contributed by atoms with Crippen LogP contribution in [0.15, 0.2) is 73.4 Å². The normalized spacial score (nSPS) is 11.1. The number of amides is 2. The van der Waals surface area contributed by atoms with Gasteiger partial charge < -0.3 is 24.3 Å². The number of benzene rings is 2. The largest absolute Gasteiger partial charge is 0.497 e. The predicted octanol–water partition coefficient (Wildman–Crippen LogP) is 5.79. The fraction of sp³-hybridized carbons (Fsp3) is 0.240. The molecule has 9 heteroatoms. The van der Waals surface area contributed by atoms with Crippen molar-refractivity contribution >= 4 is 11.7 Å². The molecule has 3 rings (SSSR count). The predicted molar refractivity (Wildman–Crippen MR) is 124 cm³/mol. The molecule has 6 nitrogen and oxygen atoms in total. The standard InChI is InChI=1S/C25H26F3N3O3/c1-4-10-31(24(32)29-20-13-22(33-2)15-23(14-20)34-3)17-21-9-6-11-30(21)16-18-7-5-8-19(12-18)25(26,27)28/h4-9,11-15H,1,10,16-17H2,2-3H3,(H,29,32). The Balaban J connectivity index is 1.77. The highest BCUT2D eigenvalue weighted by Gasteiger charge is 2.30. The number of nitrogens with one attached hydrogen (secondary N) is 1. The van der Waals surface area contributed by atoms with Gasteiger partial charge in [0.15, 0.2) is 0 Å². The fourth-order valence-corrected chi connectivity index (χ4v) is 3.44. The van der Waals surface area contributed by atoms with E-state index in [1.807, 2.05) is 10.6 Å². The molecule has 0 aliphatic heterocycles. The van der Waals surface area contributed by atoms with Crippen LogP contribution in [-0.4, -0.2) is 36.3 Å². The molecule has 0 radical (unpaired) electrons. The molecular weight excluding hydrogens is 447 g/mol. The van der Waals surface area contributed by atoms with Gasteiger partial charge in [-0.05, 0) is 29.8 Å². The Bertz CT molecular complexity index is 1120. The van der Waals surface area contributed by atoms with Gasteiger partial charge in [0, 0.05) is 48.9 Å². The molecule has 0 unspecified atom stereocenters. The quantitative estimate of drug-likeness (QED) is 0.400. The molecule has 0 atom stereocenters. The number of alkyl halides is 3. The third-order valence-electron chi connectivity index (χ3n) is 5.12. The summed E-state index contributed by atoms with van der Waals surface area (Å²) in [5.41, 5.74) is 1.07. The van der Waals surface area contributed by atoms with Crippen molar-refractivity contribution in [3.05, 3.63) is 90.3 Å². The molecule has 2 amide bonds. The minimum atomic E-state index is -4.41. The van der Waals surface area contributed by atoms with E-state index in [0.717, 1.165) is 17.8 Å². The van der Waals surface area contributed by atoms with E-state index in [1.54, 1.807) is 42.6 Å². The van der Waals surface area contributed by atoms with Gasteiger partial charge in [0.1, 0.15) is 11.5 Å². The van der Waals surface area contributed by atoms with Crippen LogP contribution < -0.4 is 14.8 Å². The zero-order chi connectivity index (χ0) is 24.7. The Kier molecular flexibility index (Phi) is 7.88. The Morgan fingerprint density at radius 3 is 2.41 bits per heavy atom. The summed E-state index contributed by atoms with van der Waals surface area (Å²) in [6, 6.07) is 13.5. The monoisotopic (exact) mass is 473 g/mol. The molecule has 0 bridgehead atoms. The summed E-state index contributed by atoms with van der Waals surface area (Å²) >= 11 is 0. The van der Waals surface area contributed by atoms with Crippen LogP contribution in [0.4, 0.5) is 23.7 Å². The van der Waals surface area contributed by atoms with E-state index in [2.05, 4.69) is 11.9 Å². The second-order valence-electron chi connectivity index (χ2n) is 7.53. The van der Waals surface area contributed by atoms with E-state index in [9.17, 15) is 18.0 Å². The summed E-state index contributed by atoms with van der Waals surface area (Å²) in [6.07, 6.45) is -1.03. The van der Waals surface area contributed by atoms with Gasteiger partial charge in [0.25, 0.3) is 0 Å². The molecule has 0 aliphatic carbocycles. The van der Waals surface area contributed by atoms with Gasteiger partial charge in [0.05, 0.1) is 26.3 Å². The van der Waals surface area contributed by atoms with Crippen LogP contribution in [0, 0.1) is 0 Å². The van der Waals surface area contributed by atoms with Crippen LogP contribution in [0.5, 0.6) is 11.5 Å². The summed E-state index contributed by atoms with van der Waals surface area (Å²) in [5, 5.41) is 2.83. The molecule has 1 N–H and O–H groups in total.